The monoisotopic (exact) mass is 435 g/mol. The maximum Gasteiger partial charge on any atom is 0.307 e. The fraction of sp³-hybridized carbons (Fsp3) is 0.542. The van der Waals surface area contributed by atoms with Crippen molar-refractivity contribution in [3.8, 4) is 0 Å². The standard InChI is InChI=1S/C24H29N5O3/c30-22-14-18(24(32-22)9-3-1-4-10-24)23(31)29-12-7-17(8-13-29)19-15-25-16-21(27-19)28-20-6-2-5-11-26-20/h2,5-6,11,15-18H,1,3-4,7-10,12-14H2,(H,26,27,28)/t18-/m0/s1. The van der Waals surface area contributed by atoms with Crippen molar-refractivity contribution in [1.29, 1.82) is 0 Å². The number of amides is 1. The molecule has 2 aromatic heterocycles. The zero-order valence-corrected chi connectivity index (χ0v) is 18.2. The highest BCUT2D eigenvalue weighted by molar-refractivity contribution is 5.88. The van der Waals surface area contributed by atoms with Crippen LogP contribution >= 0.6 is 0 Å². The number of hydrogen-bond acceptors (Lipinski definition) is 7. The summed E-state index contributed by atoms with van der Waals surface area (Å²) in [6.07, 6.45) is 12.0. The molecular weight excluding hydrogens is 406 g/mol. The summed E-state index contributed by atoms with van der Waals surface area (Å²) in [6.45, 7) is 1.34. The Morgan fingerprint density at radius 2 is 1.91 bits per heavy atom. The quantitative estimate of drug-likeness (QED) is 0.733. The molecule has 4 heterocycles. The van der Waals surface area contributed by atoms with Gasteiger partial charge in [0.15, 0.2) is 0 Å². The highest BCUT2D eigenvalue weighted by atomic mass is 16.6. The molecule has 1 saturated carbocycles. The van der Waals surface area contributed by atoms with Crippen LogP contribution in [0.2, 0.25) is 0 Å². The lowest BCUT2D eigenvalue weighted by Crippen LogP contribution is -2.49. The van der Waals surface area contributed by atoms with E-state index in [-0.39, 0.29) is 30.1 Å². The van der Waals surface area contributed by atoms with E-state index in [1.54, 1.807) is 12.4 Å². The van der Waals surface area contributed by atoms with Crippen molar-refractivity contribution in [2.45, 2.75) is 62.9 Å². The number of anilines is 2. The molecule has 2 saturated heterocycles. The van der Waals surface area contributed by atoms with Gasteiger partial charge in [0.05, 0.1) is 24.2 Å². The Kier molecular flexibility index (Phi) is 5.76. The van der Waals surface area contributed by atoms with Crippen molar-refractivity contribution < 1.29 is 14.3 Å². The maximum atomic E-state index is 13.4. The Labute approximate surface area is 187 Å². The summed E-state index contributed by atoms with van der Waals surface area (Å²) in [5, 5.41) is 3.19. The molecule has 168 valence electrons. The smallest absolute Gasteiger partial charge is 0.307 e. The number of aromatic nitrogens is 3. The molecular formula is C24H29N5O3. The van der Waals surface area contributed by atoms with Crippen molar-refractivity contribution in [1.82, 2.24) is 19.9 Å². The van der Waals surface area contributed by atoms with Crippen LogP contribution in [0.15, 0.2) is 36.8 Å². The zero-order valence-electron chi connectivity index (χ0n) is 18.2. The van der Waals surface area contributed by atoms with Crippen LogP contribution in [0.5, 0.6) is 0 Å². The minimum absolute atomic E-state index is 0.0906. The SMILES string of the molecule is O=C1C[C@@H](C(=O)N2CCC(c3cncc(Nc4ccccn4)n3)CC2)C2(CCCCC2)O1. The van der Waals surface area contributed by atoms with E-state index in [9.17, 15) is 9.59 Å². The number of nitrogens with one attached hydrogen (secondary N) is 1. The molecule has 0 radical (unpaired) electrons. The molecule has 0 aromatic carbocycles. The predicted molar refractivity (Wildman–Crippen MR) is 118 cm³/mol. The van der Waals surface area contributed by atoms with Gasteiger partial charge in [-0.1, -0.05) is 12.5 Å². The van der Waals surface area contributed by atoms with Crippen molar-refractivity contribution in [3.63, 3.8) is 0 Å². The number of nitrogens with zero attached hydrogens (tertiary/aromatic N) is 4. The lowest BCUT2D eigenvalue weighted by Gasteiger charge is -2.39. The van der Waals surface area contributed by atoms with E-state index >= 15 is 0 Å². The summed E-state index contributed by atoms with van der Waals surface area (Å²) >= 11 is 0. The predicted octanol–water partition coefficient (Wildman–Crippen LogP) is 3.59. The lowest BCUT2D eigenvalue weighted by atomic mass is 9.75. The molecule has 8 nitrogen and oxygen atoms in total. The van der Waals surface area contributed by atoms with Crippen LogP contribution in [-0.4, -0.2) is 50.4 Å². The van der Waals surface area contributed by atoms with Crippen molar-refractivity contribution in [3.05, 3.63) is 42.5 Å². The minimum atomic E-state index is -0.555. The van der Waals surface area contributed by atoms with Gasteiger partial charge in [0, 0.05) is 31.4 Å². The van der Waals surface area contributed by atoms with Gasteiger partial charge in [-0.3, -0.25) is 14.6 Å². The number of ether oxygens (including phenoxy) is 1. The third kappa shape index (κ3) is 4.18. The van der Waals surface area contributed by atoms with E-state index in [1.165, 1.54) is 0 Å². The second-order valence-corrected chi connectivity index (χ2v) is 9.12. The van der Waals surface area contributed by atoms with E-state index in [0.29, 0.717) is 18.9 Å². The van der Waals surface area contributed by atoms with Gasteiger partial charge in [-0.15, -0.1) is 0 Å². The second-order valence-electron chi connectivity index (χ2n) is 9.12. The van der Waals surface area contributed by atoms with Gasteiger partial charge in [0.2, 0.25) is 5.91 Å². The average Bonchev–Trinajstić information content (AvgIpc) is 3.15. The molecule has 1 spiro atoms. The summed E-state index contributed by atoms with van der Waals surface area (Å²) in [7, 11) is 0. The number of esters is 1. The fourth-order valence-corrected chi connectivity index (χ4v) is 5.43. The Morgan fingerprint density at radius 3 is 2.66 bits per heavy atom. The van der Waals surface area contributed by atoms with Gasteiger partial charge in [-0.2, -0.15) is 0 Å². The number of pyridine rings is 1. The number of hydrogen-bond donors (Lipinski definition) is 1. The second kappa shape index (κ2) is 8.84. The zero-order chi connectivity index (χ0) is 22.0. The Hall–Kier alpha value is -3.03. The highest BCUT2D eigenvalue weighted by Gasteiger charge is 2.53. The number of likely N-dealkylation sites (tertiary alicyclic amines) is 1. The molecule has 32 heavy (non-hydrogen) atoms. The van der Waals surface area contributed by atoms with Gasteiger partial charge in [0.1, 0.15) is 17.2 Å². The number of carbonyl (C=O) groups is 2. The Balaban J connectivity index is 1.22. The van der Waals surface area contributed by atoms with Crippen molar-refractivity contribution >= 4 is 23.5 Å². The van der Waals surface area contributed by atoms with E-state index in [2.05, 4.69) is 15.3 Å². The molecule has 5 rings (SSSR count). The van der Waals surface area contributed by atoms with E-state index < -0.39 is 5.60 Å². The molecule has 0 unspecified atom stereocenters. The third-order valence-electron chi connectivity index (χ3n) is 7.12. The van der Waals surface area contributed by atoms with Crippen LogP contribution in [0.3, 0.4) is 0 Å². The highest BCUT2D eigenvalue weighted by Crippen LogP contribution is 2.45. The van der Waals surface area contributed by atoms with Crippen LogP contribution in [0.25, 0.3) is 0 Å². The third-order valence-corrected chi connectivity index (χ3v) is 7.12. The molecule has 1 atom stereocenters. The summed E-state index contributed by atoms with van der Waals surface area (Å²) < 4.78 is 5.75. The van der Waals surface area contributed by atoms with Crippen LogP contribution < -0.4 is 5.32 Å². The van der Waals surface area contributed by atoms with Gasteiger partial charge in [-0.05, 0) is 50.7 Å². The van der Waals surface area contributed by atoms with Crippen LogP contribution in [0.4, 0.5) is 11.6 Å². The van der Waals surface area contributed by atoms with E-state index in [1.807, 2.05) is 29.3 Å². The Bertz CT molecular complexity index is 969. The maximum absolute atomic E-state index is 13.4. The first kappa shape index (κ1) is 20.8. The summed E-state index contributed by atoms with van der Waals surface area (Å²) in [5.41, 5.74) is 0.376. The molecule has 8 heteroatoms. The molecule has 2 aromatic rings. The van der Waals surface area contributed by atoms with Crippen LogP contribution in [0, 0.1) is 5.92 Å². The molecule has 1 N–H and O–H groups in total. The number of rotatable bonds is 4. The van der Waals surface area contributed by atoms with Crippen molar-refractivity contribution in [2.24, 2.45) is 5.92 Å². The normalized spacial score (nSPS) is 23.2. The number of carbonyl (C=O) groups excluding carboxylic acids is 2. The average molecular weight is 436 g/mol. The van der Waals surface area contributed by atoms with Gasteiger partial charge in [-0.25, -0.2) is 9.97 Å². The molecule has 3 aliphatic rings. The summed E-state index contributed by atoms with van der Waals surface area (Å²) in [4.78, 5) is 40.8. The lowest BCUT2D eigenvalue weighted by molar-refractivity contribution is -0.156. The number of piperidine rings is 1. The van der Waals surface area contributed by atoms with Gasteiger partial charge < -0.3 is 15.0 Å². The first-order valence-corrected chi connectivity index (χ1v) is 11.6. The van der Waals surface area contributed by atoms with Crippen LogP contribution in [0.1, 0.15) is 63.0 Å². The minimum Gasteiger partial charge on any atom is -0.458 e. The fourth-order valence-electron chi connectivity index (χ4n) is 5.43. The van der Waals surface area contributed by atoms with E-state index in [4.69, 9.17) is 9.72 Å². The molecule has 1 aliphatic carbocycles. The largest absolute Gasteiger partial charge is 0.458 e. The van der Waals surface area contributed by atoms with E-state index in [0.717, 1.165) is 56.5 Å². The molecule has 1 amide bonds. The van der Waals surface area contributed by atoms with Gasteiger partial charge >= 0.3 is 5.97 Å². The first-order chi connectivity index (χ1) is 15.6. The van der Waals surface area contributed by atoms with Crippen LogP contribution in [-0.2, 0) is 14.3 Å². The van der Waals surface area contributed by atoms with Gasteiger partial charge in [0.25, 0.3) is 0 Å². The Morgan fingerprint density at radius 1 is 1.09 bits per heavy atom. The van der Waals surface area contributed by atoms with Crippen molar-refractivity contribution in [2.75, 3.05) is 18.4 Å². The molecule has 3 fully saturated rings. The topological polar surface area (TPSA) is 97.3 Å². The summed E-state index contributed by atoms with van der Waals surface area (Å²) in [6, 6.07) is 5.67. The first-order valence-electron chi connectivity index (χ1n) is 11.6. The molecule has 0 bridgehead atoms. The summed E-state index contributed by atoms with van der Waals surface area (Å²) in [5.74, 6) is 1.20. The molecule has 2 aliphatic heterocycles.